The molecule has 1 saturated heterocycles. The molecule has 0 spiro atoms. The fourth-order valence-electron chi connectivity index (χ4n) is 2.32. The number of likely N-dealkylation sites (N-methyl/N-ethyl adjacent to an activating group) is 1. The molecule has 24 heavy (non-hydrogen) atoms. The summed E-state index contributed by atoms with van der Waals surface area (Å²) in [6.07, 6.45) is 0. The lowest BCUT2D eigenvalue weighted by Gasteiger charge is -2.32. The van der Waals surface area contributed by atoms with Gasteiger partial charge in [-0.05, 0) is 45.3 Å². The van der Waals surface area contributed by atoms with Crippen LogP contribution in [0.5, 0.6) is 0 Å². The van der Waals surface area contributed by atoms with Crippen LogP contribution in [0.2, 0.25) is 0 Å². The van der Waals surface area contributed by atoms with Crippen LogP contribution in [0, 0.1) is 0 Å². The van der Waals surface area contributed by atoms with Gasteiger partial charge in [-0.25, -0.2) is 8.42 Å². The second-order valence-electron chi connectivity index (χ2n) is 6.98. The summed E-state index contributed by atoms with van der Waals surface area (Å²) in [5, 5.41) is 0. The molecule has 0 radical (unpaired) electrons. The van der Waals surface area contributed by atoms with Gasteiger partial charge < -0.3 is 14.0 Å². The number of nitrogens with zero attached hydrogens (tertiary/aromatic N) is 1. The van der Waals surface area contributed by atoms with Crippen LogP contribution in [0.4, 0.5) is 0 Å². The molecular formula is C16H26BNO5S. The molecule has 0 aliphatic carbocycles. The first-order valence-electron chi connectivity index (χ1n) is 7.92. The molecule has 1 aliphatic rings. The maximum absolute atomic E-state index is 12.6. The van der Waals surface area contributed by atoms with Gasteiger partial charge in [-0.2, -0.15) is 4.31 Å². The Bertz CT molecular complexity index is 673. The van der Waals surface area contributed by atoms with Crippen molar-refractivity contribution in [2.75, 3.05) is 27.3 Å². The highest BCUT2D eigenvalue weighted by atomic mass is 32.2. The van der Waals surface area contributed by atoms with Crippen molar-refractivity contribution in [1.82, 2.24) is 4.31 Å². The number of benzene rings is 1. The predicted molar refractivity (Wildman–Crippen MR) is 93.8 cm³/mol. The van der Waals surface area contributed by atoms with E-state index in [0.717, 1.165) is 0 Å². The van der Waals surface area contributed by atoms with Gasteiger partial charge in [0, 0.05) is 20.7 Å². The number of sulfonamides is 1. The molecule has 0 aromatic heterocycles. The van der Waals surface area contributed by atoms with E-state index in [2.05, 4.69) is 0 Å². The molecule has 0 bridgehead atoms. The van der Waals surface area contributed by atoms with E-state index in [1.807, 2.05) is 33.8 Å². The maximum atomic E-state index is 12.6. The highest BCUT2D eigenvalue weighted by Gasteiger charge is 2.51. The summed E-state index contributed by atoms with van der Waals surface area (Å²) in [6.45, 7) is 8.49. The quantitative estimate of drug-likeness (QED) is 0.719. The monoisotopic (exact) mass is 355 g/mol. The Morgan fingerprint density at radius 2 is 1.75 bits per heavy atom. The third-order valence-electron chi connectivity index (χ3n) is 4.70. The lowest BCUT2D eigenvalue weighted by atomic mass is 9.79. The number of hydrogen-bond donors (Lipinski definition) is 0. The van der Waals surface area contributed by atoms with Crippen LogP contribution in [0.15, 0.2) is 29.2 Å². The topological polar surface area (TPSA) is 65.1 Å². The smallest absolute Gasteiger partial charge is 0.399 e. The highest BCUT2D eigenvalue weighted by molar-refractivity contribution is 7.89. The number of methoxy groups -OCH3 is 1. The molecule has 0 saturated carbocycles. The summed E-state index contributed by atoms with van der Waals surface area (Å²) in [4.78, 5) is 0.216. The van der Waals surface area contributed by atoms with Gasteiger partial charge in [0.25, 0.3) is 0 Å². The van der Waals surface area contributed by atoms with Crippen molar-refractivity contribution in [3.8, 4) is 0 Å². The Morgan fingerprint density at radius 3 is 2.29 bits per heavy atom. The first-order chi connectivity index (χ1) is 11.0. The van der Waals surface area contributed by atoms with Gasteiger partial charge in [-0.3, -0.25) is 0 Å². The molecule has 0 amide bonds. The molecule has 1 aliphatic heterocycles. The van der Waals surface area contributed by atoms with Crippen molar-refractivity contribution >= 4 is 22.6 Å². The van der Waals surface area contributed by atoms with E-state index in [4.69, 9.17) is 14.0 Å². The average molecular weight is 355 g/mol. The minimum Gasteiger partial charge on any atom is -0.399 e. The molecule has 8 heteroatoms. The SMILES string of the molecule is COCCN(C)S(=O)(=O)c1cccc(B2OC(C)(C)C(C)(C)O2)c1. The number of ether oxygens (including phenoxy) is 1. The van der Waals surface area contributed by atoms with Crippen LogP contribution in [0.3, 0.4) is 0 Å². The van der Waals surface area contributed by atoms with E-state index in [0.29, 0.717) is 18.6 Å². The molecule has 0 N–H and O–H groups in total. The van der Waals surface area contributed by atoms with Gasteiger partial charge in [-0.15, -0.1) is 0 Å². The molecule has 1 heterocycles. The van der Waals surface area contributed by atoms with Gasteiger partial charge in [0.05, 0.1) is 22.7 Å². The van der Waals surface area contributed by atoms with E-state index >= 15 is 0 Å². The Hall–Kier alpha value is -0.925. The van der Waals surface area contributed by atoms with Crippen LogP contribution < -0.4 is 5.46 Å². The van der Waals surface area contributed by atoms with Gasteiger partial charge in [0.1, 0.15) is 0 Å². The lowest BCUT2D eigenvalue weighted by Crippen LogP contribution is -2.41. The summed E-state index contributed by atoms with van der Waals surface area (Å²) in [7, 11) is -1.09. The Labute approximate surface area is 145 Å². The summed E-state index contributed by atoms with van der Waals surface area (Å²) in [5.74, 6) is 0. The number of hydrogen-bond acceptors (Lipinski definition) is 5. The van der Waals surface area contributed by atoms with Crippen molar-refractivity contribution in [1.29, 1.82) is 0 Å². The van der Waals surface area contributed by atoms with Crippen LogP contribution in [-0.4, -0.2) is 58.4 Å². The minimum absolute atomic E-state index is 0.216. The molecule has 1 aromatic carbocycles. The van der Waals surface area contributed by atoms with Crippen LogP contribution in [0.1, 0.15) is 27.7 Å². The average Bonchev–Trinajstić information content (AvgIpc) is 2.73. The van der Waals surface area contributed by atoms with E-state index in [-0.39, 0.29) is 4.90 Å². The Morgan fingerprint density at radius 1 is 1.17 bits per heavy atom. The second kappa shape index (κ2) is 6.76. The first-order valence-corrected chi connectivity index (χ1v) is 9.36. The maximum Gasteiger partial charge on any atom is 0.494 e. The first kappa shape index (κ1) is 19.4. The largest absolute Gasteiger partial charge is 0.494 e. The fraction of sp³-hybridized carbons (Fsp3) is 0.625. The third-order valence-corrected chi connectivity index (χ3v) is 6.55. The highest BCUT2D eigenvalue weighted by Crippen LogP contribution is 2.36. The summed E-state index contributed by atoms with van der Waals surface area (Å²) < 4.78 is 43.5. The molecular weight excluding hydrogens is 329 g/mol. The second-order valence-corrected chi connectivity index (χ2v) is 9.02. The van der Waals surface area contributed by atoms with Crippen molar-refractivity contribution in [2.24, 2.45) is 0 Å². The molecule has 2 rings (SSSR count). The van der Waals surface area contributed by atoms with Gasteiger partial charge in [0.15, 0.2) is 0 Å². The standard InChI is InChI=1S/C16H26BNO5S/c1-15(2)16(3,4)23-17(22-15)13-8-7-9-14(12-13)24(19,20)18(5)10-11-21-6/h7-9,12H,10-11H2,1-6H3. The number of rotatable bonds is 6. The zero-order chi connectivity index (χ0) is 18.2. The van der Waals surface area contributed by atoms with Gasteiger partial charge in [0.2, 0.25) is 10.0 Å². The zero-order valence-corrected chi connectivity index (χ0v) is 16.0. The Kier molecular flexibility index (Phi) is 5.47. The van der Waals surface area contributed by atoms with Crippen LogP contribution in [0.25, 0.3) is 0 Å². The minimum atomic E-state index is -3.58. The third kappa shape index (κ3) is 3.67. The zero-order valence-electron chi connectivity index (χ0n) is 15.2. The normalized spacial score (nSPS) is 19.9. The molecule has 0 atom stereocenters. The molecule has 0 unspecified atom stereocenters. The summed E-state index contributed by atoms with van der Waals surface area (Å²) in [6, 6.07) is 6.71. The van der Waals surface area contributed by atoms with Crippen LogP contribution >= 0.6 is 0 Å². The van der Waals surface area contributed by atoms with Crippen molar-refractivity contribution < 1.29 is 22.5 Å². The lowest BCUT2D eigenvalue weighted by molar-refractivity contribution is 0.00578. The fourth-order valence-corrected chi connectivity index (χ4v) is 3.53. The summed E-state index contributed by atoms with van der Waals surface area (Å²) in [5.41, 5.74) is -0.251. The molecule has 134 valence electrons. The van der Waals surface area contributed by atoms with Crippen molar-refractivity contribution in [3.05, 3.63) is 24.3 Å². The van der Waals surface area contributed by atoms with Gasteiger partial charge in [-0.1, -0.05) is 12.1 Å². The van der Waals surface area contributed by atoms with Crippen molar-refractivity contribution in [2.45, 2.75) is 43.8 Å². The predicted octanol–water partition coefficient (Wildman–Crippen LogP) is 1.25. The molecule has 1 aromatic rings. The van der Waals surface area contributed by atoms with E-state index in [1.54, 1.807) is 25.3 Å². The van der Waals surface area contributed by atoms with Crippen molar-refractivity contribution in [3.63, 3.8) is 0 Å². The van der Waals surface area contributed by atoms with E-state index in [9.17, 15) is 8.42 Å². The van der Waals surface area contributed by atoms with Gasteiger partial charge >= 0.3 is 7.12 Å². The van der Waals surface area contributed by atoms with Crippen LogP contribution in [-0.2, 0) is 24.1 Å². The Balaban J connectivity index is 2.27. The molecule has 6 nitrogen and oxygen atoms in total. The van der Waals surface area contributed by atoms with E-state index in [1.165, 1.54) is 11.4 Å². The molecule has 1 fully saturated rings. The van der Waals surface area contributed by atoms with E-state index < -0.39 is 28.3 Å². The summed E-state index contributed by atoms with van der Waals surface area (Å²) >= 11 is 0.